The summed E-state index contributed by atoms with van der Waals surface area (Å²) in [6.07, 6.45) is 1.30. The van der Waals surface area contributed by atoms with Crippen LogP contribution < -0.4 is 9.47 Å². The Labute approximate surface area is 166 Å². The zero-order valence-electron chi connectivity index (χ0n) is 14.3. The molecule has 4 rings (SSSR count). The van der Waals surface area contributed by atoms with Crippen LogP contribution in [0, 0.1) is 0 Å². The van der Waals surface area contributed by atoms with E-state index >= 15 is 0 Å². The predicted molar refractivity (Wildman–Crippen MR) is 104 cm³/mol. The van der Waals surface area contributed by atoms with Crippen molar-refractivity contribution in [1.29, 1.82) is 0 Å². The fourth-order valence-corrected chi connectivity index (χ4v) is 3.88. The van der Waals surface area contributed by atoms with Crippen molar-refractivity contribution in [3.8, 4) is 11.5 Å². The van der Waals surface area contributed by atoms with Gasteiger partial charge < -0.3 is 19.5 Å². The minimum Gasteiger partial charge on any atom is -0.485 e. The molecule has 5 nitrogen and oxygen atoms in total. The van der Waals surface area contributed by atoms with E-state index in [9.17, 15) is 4.79 Å². The Morgan fingerprint density at radius 2 is 2.07 bits per heavy atom. The van der Waals surface area contributed by atoms with E-state index in [1.165, 1.54) is 4.90 Å². The van der Waals surface area contributed by atoms with E-state index in [2.05, 4.69) is 0 Å². The van der Waals surface area contributed by atoms with Gasteiger partial charge in [-0.2, -0.15) is 0 Å². The SMILES string of the molecule is O=C(O)N1CC=C(c2cccc3c2OC(c2ccc(Cl)cc2Cl)CO3)CC1. The van der Waals surface area contributed by atoms with Gasteiger partial charge in [0.1, 0.15) is 6.61 Å². The molecule has 1 amide bonds. The van der Waals surface area contributed by atoms with E-state index < -0.39 is 6.09 Å². The van der Waals surface area contributed by atoms with Crippen LogP contribution in [0.1, 0.15) is 23.7 Å². The summed E-state index contributed by atoms with van der Waals surface area (Å²) in [6.45, 7) is 1.17. The average Bonchev–Trinajstić information content (AvgIpc) is 2.67. The number of amides is 1. The van der Waals surface area contributed by atoms with Crippen molar-refractivity contribution in [1.82, 2.24) is 4.90 Å². The Morgan fingerprint density at radius 3 is 2.78 bits per heavy atom. The van der Waals surface area contributed by atoms with E-state index in [1.807, 2.05) is 30.3 Å². The number of halogens is 2. The number of para-hydroxylation sites is 1. The molecular weight excluding hydrogens is 389 g/mol. The Hall–Kier alpha value is -2.37. The van der Waals surface area contributed by atoms with E-state index in [1.54, 1.807) is 12.1 Å². The Bertz CT molecular complexity index is 928. The lowest BCUT2D eigenvalue weighted by molar-refractivity contribution is 0.0909. The predicted octanol–water partition coefficient (Wildman–Crippen LogP) is 5.27. The number of hydrogen-bond acceptors (Lipinski definition) is 3. The Balaban J connectivity index is 1.64. The fourth-order valence-electron chi connectivity index (χ4n) is 3.35. The van der Waals surface area contributed by atoms with Crippen molar-refractivity contribution in [3.63, 3.8) is 0 Å². The van der Waals surface area contributed by atoms with Gasteiger partial charge in [0.2, 0.25) is 0 Å². The molecule has 1 N–H and O–H groups in total. The van der Waals surface area contributed by atoms with E-state index in [0.717, 1.165) is 16.7 Å². The van der Waals surface area contributed by atoms with E-state index in [-0.39, 0.29) is 6.10 Å². The molecule has 2 aliphatic rings. The van der Waals surface area contributed by atoms with Gasteiger partial charge >= 0.3 is 6.09 Å². The standard InChI is InChI=1S/C20H17Cl2NO4/c21-13-4-5-15(16(22)10-13)18-11-26-17-3-1-2-14(19(17)27-18)12-6-8-23(9-7-12)20(24)25/h1-6,10,18H,7-9,11H2,(H,24,25). The van der Waals surface area contributed by atoms with Crippen LogP contribution in [0.4, 0.5) is 4.79 Å². The van der Waals surface area contributed by atoms with Gasteiger partial charge in [-0.15, -0.1) is 0 Å². The highest BCUT2D eigenvalue weighted by Crippen LogP contribution is 2.44. The molecular formula is C20H17Cl2NO4. The third kappa shape index (κ3) is 3.57. The monoisotopic (exact) mass is 405 g/mol. The van der Waals surface area contributed by atoms with Gasteiger partial charge in [-0.05, 0) is 30.2 Å². The molecule has 0 radical (unpaired) electrons. The molecule has 0 saturated carbocycles. The zero-order chi connectivity index (χ0) is 19.0. The van der Waals surface area contributed by atoms with Gasteiger partial charge in [0.05, 0.1) is 0 Å². The van der Waals surface area contributed by atoms with Crippen molar-refractivity contribution in [2.75, 3.05) is 19.7 Å². The molecule has 0 fully saturated rings. The van der Waals surface area contributed by atoms with Crippen molar-refractivity contribution in [2.24, 2.45) is 0 Å². The van der Waals surface area contributed by atoms with Crippen LogP contribution >= 0.6 is 23.2 Å². The number of benzene rings is 2. The first-order valence-corrected chi connectivity index (χ1v) is 9.33. The van der Waals surface area contributed by atoms with Crippen molar-refractivity contribution >= 4 is 34.9 Å². The second-order valence-electron chi connectivity index (χ2n) is 6.42. The Morgan fingerprint density at radius 1 is 1.22 bits per heavy atom. The van der Waals surface area contributed by atoms with Gasteiger partial charge in [0.15, 0.2) is 17.6 Å². The summed E-state index contributed by atoms with van der Waals surface area (Å²) < 4.78 is 12.2. The van der Waals surface area contributed by atoms with Crippen LogP contribution in [0.15, 0.2) is 42.5 Å². The first-order valence-electron chi connectivity index (χ1n) is 8.57. The molecule has 2 aromatic carbocycles. The van der Waals surface area contributed by atoms with E-state index in [0.29, 0.717) is 47.7 Å². The van der Waals surface area contributed by atoms with Crippen molar-refractivity contribution in [2.45, 2.75) is 12.5 Å². The summed E-state index contributed by atoms with van der Waals surface area (Å²) in [7, 11) is 0. The van der Waals surface area contributed by atoms with Crippen molar-refractivity contribution in [3.05, 3.63) is 63.6 Å². The second-order valence-corrected chi connectivity index (χ2v) is 7.27. The maximum absolute atomic E-state index is 11.1. The summed E-state index contributed by atoms with van der Waals surface area (Å²) in [6, 6.07) is 11.1. The number of rotatable bonds is 2. The van der Waals surface area contributed by atoms with Crippen LogP contribution in [-0.4, -0.2) is 35.8 Å². The van der Waals surface area contributed by atoms with Gasteiger partial charge in [0, 0.05) is 34.3 Å². The normalized spacial score (nSPS) is 18.8. The van der Waals surface area contributed by atoms with Gasteiger partial charge in [-0.3, -0.25) is 0 Å². The molecule has 0 saturated heterocycles. The summed E-state index contributed by atoms with van der Waals surface area (Å²) in [5.74, 6) is 1.34. The molecule has 27 heavy (non-hydrogen) atoms. The molecule has 2 aromatic rings. The molecule has 7 heteroatoms. The number of fused-ring (bicyclic) bond motifs is 1. The summed E-state index contributed by atoms with van der Waals surface area (Å²) in [4.78, 5) is 12.5. The van der Waals surface area contributed by atoms with Crippen LogP contribution in [0.5, 0.6) is 11.5 Å². The van der Waals surface area contributed by atoms with Crippen LogP contribution in [0.3, 0.4) is 0 Å². The molecule has 0 aliphatic carbocycles. The number of carboxylic acid groups (broad SMARTS) is 1. The Kier molecular flexibility index (Phi) is 4.89. The number of nitrogens with zero attached hydrogens (tertiary/aromatic N) is 1. The molecule has 0 aromatic heterocycles. The minimum absolute atomic E-state index is 0.344. The minimum atomic E-state index is -0.905. The molecule has 0 bridgehead atoms. The lowest BCUT2D eigenvalue weighted by Crippen LogP contribution is -2.33. The van der Waals surface area contributed by atoms with Crippen LogP contribution in [0.2, 0.25) is 10.0 Å². The van der Waals surface area contributed by atoms with Crippen LogP contribution in [0.25, 0.3) is 5.57 Å². The van der Waals surface area contributed by atoms with Gasteiger partial charge in [-0.25, -0.2) is 4.79 Å². The third-order valence-electron chi connectivity index (χ3n) is 4.76. The molecule has 2 aliphatic heterocycles. The maximum Gasteiger partial charge on any atom is 0.407 e. The van der Waals surface area contributed by atoms with Gasteiger partial charge in [-0.1, -0.05) is 47.5 Å². The first-order chi connectivity index (χ1) is 13.0. The van der Waals surface area contributed by atoms with Crippen LogP contribution in [-0.2, 0) is 0 Å². The molecule has 2 heterocycles. The van der Waals surface area contributed by atoms with Crippen molar-refractivity contribution < 1.29 is 19.4 Å². The van der Waals surface area contributed by atoms with Gasteiger partial charge in [0.25, 0.3) is 0 Å². The van der Waals surface area contributed by atoms with E-state index in [4.69, 9.17) is 37.8 Å². The molecule has 140 valence electrons. The quantitative estimate of drug-likeness (QED) is 0.738. The summed E-state index contributed by atoms with van der Waals surface area (Å²) in [5, 5.41) is 10.2. The average molecular weight is 406 g/mol. The zero-order valence-corrected chi connectivity index (χ0v) is 15.8. The highest BCUT2D eigenvalue weighted by molar-refractivity contribution is 6.35. The number of ether oxygens (including phenoxy) is 2. The maximum atomic E-state index is 11.1. The molecule has 0 spiro atoms. The lowest BCUT2D eigenvalue weighted by Gasteiger charge is -2.30. The number of carbonyl (C=O) groups is 1. The second kappa shape index (κ2) is 7.33. The topological polar surface area (TPSA) is 59.0 Å². The number of hydrogen-bond donors (Lipinski definition) is 1. The largest absolute Gasteiger partial charge is 0.485 e. The third-order valence-corrected chi connectivity index (χ3v) is 5.33. The lowest BCUT2D eigenvalue weighted by atomic mass is 9.97. The summed E-state index contributed by atoms with van der Waals surface area (Å²) >= 11 is 12.3. The highest BCUT2D eigenvalue weighted by Gasteiger charge is 2.28. The molecule has 1 unspecified atom stereocenters. The first kappa shape index (κ1) is 18.0. The smallest absolute Gasteiger partial charge is 0.407 e. The molecule has 1 atom stereocenters. The highest BCUT2D eigenvalue weighted by atomic mass is 35.5. The fraction of sp³-hybridized carbons (Fsp3) is 0.250. The summed E-state index contributed by atoms with van der Waals surface area (Å²) in [5.41, 5.74) is 2.79.